The molecule has 0 radical (unpaired) electrons. The topological polar surface area (TPSA) is 45.3 Å². The number of carbonyl (C=O) groups excluding carboxylic acids is 1. The molecule has 1 unspecified atom stereocenters. The van der Waals surface area contributed by atoms with E-state index in [0.29, 0.717) is 12.4 Å². The third-order valence-electron chi connectivity index (χ3n) is 3.52. The third kappa shape index (κ3) is 3.85. The van der Waals surface area contributed by atoms with Gasteiger partial charge in [-0.3, -0.25) is 9.69 Å². The van der Waals surface area contributed by atoms with Crippen LogP contribution < -0.4 is 4.74 Å². The van der Waals surface area contributed by atoms with Crippen molar-refractivity contribution in [2.24, 2.45) is 5.92 Å². The van der Waals surface area contributed by atoms with Gasteiger partial charge in [0.2, 0.25) is 0 Å². The summed E-state index contributed by atoms with van der Waals surface area (Å²) in [4.78, 5) is 17.5. The van der Waals surface area contributed by atoms with Gasteiger partial charge >= 0.3 is 0 Å². The molecule has 0 saturated carbocycles. The first-order chi connectivity index (χ1) is 10.0. The number of hydrogen-bond acceptors (Lipinski definition) is 3. The van der Waals surface area contributed by atoms with Crippen LogP contribution in [0.3, 0.4) is 0 Å². The van der Waals surface area contributed by atoms with E-state index < -0.39 is 0 Å². The number of Topliss-reactive ketones (excluding diaryl/α,β-unsaturated/α-hetero) is 1. The molecule has 0 aliphatic rings. The van der Waals surface area contributed by atoms with E-state index in [-0.39, 0.29) is 11.7 Å². The molecule has 0 bridgehead atoms. The molecule has 1 aromatic heterocycles. The zero-order valence-electron chi connectivity index (χ0n) is 13.3. The Morgan fingerprint density at radius 3 is 2.76 bits per heavy atom. The van der Waals surface area contributed by atoms with Crippen molar-refractivity contribution in [3.8, 4) is 5.75 Å². The fourth-order valence-electron chi connectivity index (χ4n) is 2.37. The zero-order chi connectivity index (χ0) is 15.4. The van der Waals surface area contributed by atoms with Crippen LogP contribution in [-0.4, -0.2) is 36.5 Å². The summed E-state index contributed by atoms with van der Waals surface area (Å²) in [6, 6.07) is 7.77. The average Bonchev–Trinajstić information content (AvgIpc) is 2.87. The van der Waals surface area contributed by atoms with E-state index >= 15 is 0 Å². The lowest BCUT2D eigenvalue weighted by Gasteiger charge is -2.11. The summed E-state index contributed by atoms with van der Waals surface area (Å²) in [6.07, 6.45) is 1.95. The van der Waals surface area contributed by atoms with Crippen LogP contribution >= 0.6 is 0 Å². The first-order valence-electron chi connectivity index (χ1n) is 7.45. The molecule has 1 atom stereocenters. The number of nitrogens with zero attached hydrogens (tertiary/aromatic N) is 1. The maximum Gasteiger partial charge on any atom is 0.181 e. The van der Waals surface area contributed by atoms with Crippen molar-refractivity contribution in [3.63, 3.8) is 0 Å². The van der Waals surface area contributed by atoms with Crippen molar-refractivity contribution in [2.45, 2.75) is 26.7 Å². The molecule has 4 heteroatoms. The molecule has 0 aliphatic heterocycles. The average molecular weight is 288 g/mol. The number of aromatic nitrogens is 1. The maximum absolute atomic E-state index is 12.3. The highest BCUT2D eigenvalue weighted by molar-refractivity contribution is 6.00. The Morgan fingerprint density at radius 2 is 2.10 bits per heavy atom. The SMILES string of the molecule is CCCC(C)C(=O)c1cc2cc(OCN(C)C)ccc2[nH]1. The molecule has 1 heterocycles. The minimum atomic E-state index is 0.0625. The second kappa shape index (κ2) is 6.76. The minimum absolute atomic E-state index is 0.0625. The van der Waals surface area contributed by atoms with Gasteiger partial charge < -0.3 is 9.72 Å². The Labute approximate surface area is 126 Å². The number of carbonyl (C=O) groups is 1. The van der Waals surface area contributed by atoms with Gasteiger partial charge in [-0.15, -0.1) is 0 Å². The van der Waals surface area contributed by atoms with Gasteiger partial charge in [0, 0.05) is 16.8 Å². The first-order valence-corrected chi connectivity index (χ1v) is 7.45. The number of ether oxygens (including phenoxy) is 1. The van der Waals surface area contributed by atoms with Gasteiger partial charge in [0.1, 0.15) is 12.5 Å². The van der Waals surface area contributed by atoms with Crippen LogP contribution in [0.5, 0.6) is 5.75 Å². The highest BCUT2D eigenvalue weighted by atomic mass is 16.5. The Balaban J connectivity index is 2.19. The molecule has 0 aliphatic carbocycles. The summed E-state index contributed by atoms with van der Waals surface area (Å²) in [7, 11) is 3.92. The molecule has 0 spiro atoms. The molecule has 21 heavy (non-hydrogen) atoms. The van der Waals surface area contributed by atoms with Crippen LogP contribution in [0.2, 0.25) is 0 Å². The summed E-state index contributed by atoms with van der Waals surface area (Å²) >= 11 is 0. The number of rotatable bonds is 7. The fraction of sp³-hybridized carbons (Fsp3) is 0.471. The van der Waals surface area contributed by atoms with Crippen LogP contribution in [-0.2, 0) is 0 Å². The monoisotopic (exact) mass is 288 g/mol. The highest BCUT2D eigenvalue weighted by Gasteiger charge is 2.16. The third-order valence-corrected chi connectivity index (χ3v) is 3.52. The second-order valence-corrected chi connectivity index (χ2v) is 5.84. The summed E-state index contributed by atoms with van der Waals surface area (Å²) in [6.45, 7) is 4.63. The van der Waals surface area contributed by atoms with Crippen LogP contribution in [0.1, 0.15) is 37.2 Å². The quantitative estimate of drug-likeness (QED) is 0.624. The first kappa shape index (κ1) is 15.6. The molecule has 2 aromatic rings. The number of benzene rings is 1. The number of fused-ring (bicyclic) bond motifs is 1. The van der Waals surface area contributed by atoms with Crippen molar-refractivity contribution in [2.75, 3.05) is 20.8 Å². The van der Waals surface area contributed by atoms with E-state index in [2.05, 4.69) is 11.9 Å². The van der Waals surface area contributed by atoms with E-state index in [1.165, 1.54) is 0 Å². The largest absolute Gasteiger partial charge is 0.478 e. The molecule has 0 fully saturated rings. The van der Waals surface area contributed by atoms with E-state index in [1.54, 1.807) is 0 Å². The smallest absolute Gasteiger partial charge is 0.181 e. The fourth-order valence-corrected chi connectivity index (χ4v) is 2.37. The second-order valence-electron chi connectivity index (χ2n) is 5.84. The van der Waals surface area contributed by atoms with Gasteiger partial charge in [0.05, 0.1) is 5.69 Å². The van der Waals surface area contributed by atoms with Gasteiger partial charge in [0.15, 0.2) is 5.78 Å². The molecule has 1 aromatic carbocycles. The van der Waals surface area contributed by atoms with Crippen molar-refractivity contribution in [1.29, 1.82) is 0 Å². The Hall–Kier alpha value is -1.81. The van der Waals surface area contributed by atoms with Gasteiger partial charge in [-0.2, -0.15) is 0 Å². The normalized spacial score (nSPS) is 12.8. The lowest BCUT2D eigenvalue weighted by Crippen LogP contribution is -2.18. The van der Waals surface area contributed by atoms with Gasteiger partial charge in [-0.25, -0.2) is 0 Å². The zero-order valence-corrected chi connectivity index (χ0v) is 13.3. The lowest BCUT2D eigenvalue weighted by atomic mass is 9.99. The number of aromatic amines is 1. The molecule has 114 valence electrons. The molecular formula is C17H24N2O2. The predicted octanol–water partition coefficient (Wildman–Crippen LogP) is 3.68. The van der Waals surface area contributed by atoms with Crippen molar-refractivity contribution in [1.82, 2.24) is 9.88 Å². The molecular weight excluding hydrogens is 264 g/mol. The highest BCUT2D eigenvalue weighted by Crippen LogP contribution is 2.23. The Bertz CT molecular complexity index is 616. The summed E-state index contributed by atoms with van der Waals surface area (Å²) in [5.41, 5.74) is 1.66. The molecule has 4 nitrogen and oxygen atoms in total. The van der Waals surface area contributed by atoms with Crippen LogP contribution in [0.15, 0.2) is 24.3 Å². The maximum atomic E-state index is 12.3. The Morgan fingerprint density at radius 1 is 1.33 bits per heavy atom. The predicted molar refractivity (Wildman–Crippen MR) is 85.9 cm³/mol. The molecule has 0 amide bonds. The van der Waals surface area contributed by atoms with E-state index in [4.69, 9.17) is 4.74 Å². The van der Waals surface area contributed by atoms with E-state index in [1.807, 2.05) is 50.2 Å². The molecule has 2 rings (SSSR count). The lowest BCUT2D eigenvalue weighted by molar-refractivity contribution is 0.0919. The van der Waals surface area contributed by atoms with Crippen molar-refractivity contribution in [3.05, 3.63) is 30.0 Å². The minimum Gasteiger partial charge on any atom is -0.478 e. The molecule has 0 saturated heterocycles. The number of nitrogens with one attached hydrogen (secondary N) is 1. The van der Waals surface area contributed by atoms with Gasteiger partial charge in [-0.1, -0.05) is 20.3 Å². The van der Waals surface area contributed by atoms with Gasteiger partial charge in [0.25, 0.3) is 0 Å². The summed E-state index contributed by atoms with van der Waals surface area (Å²) in [5, 5.41) is 1.01. The van der Waals surface area contributed by atoms with Crippen molar-refractivity contribution >= 4 is 16.7 Å². The number of H-pyrrole nitrogens is 1. The van der Waals surface area contributed by atoms with Gasteiger partial charge in [-0.05, 0) is 44.8 Å². The van der Waals surface area contributed by atoms with E-state index in [0.717, 1.165) is 29.5 Å². The standard InChI is InChI=1S/C17H24N2O2/c1-5-6-12(2)17(20)16-10-13-9-14(21-11-19(3)4)7-8-15(13)18-16/h7-10,12,18H,5-6,11H2,1-4H3. The van der Waals surface area contributed by atoms with Crippen molar-refractivity contribution < 1.29 is 9.53 Å². The summed E-state index contributed by atoms with van der Waals surface area (Å²) < 4.78 is 5.66. The van der Waals surface area contributed by atoms with E-state index in [9.17, 15) is 4.79 Å². The number of hydrogen-bond donors (Lipinski definition) is 1. The summed E-state index contributed by atoms with van der Waals surface area (Å²) in [5.74, 6) is 1.06. The Kier molecular flexibility index (Phi) is 5.02. The number of ketones is 1. The molecule has 1 N–H and O–H groups in total. The van der Waals surface area contributed by atoms with Crippen LogP contribution in [0.25, 0.3) is 10.9 Å². The van der Waals surface area contributed by atoms with Crippen LogP contribution in [0, 0.1) is 5.92 Å². The van der Waals surface area contributed by atoms with Crippen LogP contribution in [0.4, 0.5) is 0 Å².